The fourth-order valence-corrected chi connectivity index (χ4v) is 9.25. The Morgan fingerprint density at radius 2 is 1.70 bits per heavy atom. The van der Waals surface area contributed by atoms with Gasteiger partial charge in [0.25, 0.3) is 5.91 Å². The summed E-state index contributed by atoms with van der Waals surface area (Å²) in [5, 5.41) is 18.8. The number of aromatic amines is 1. The lowest BCUT2D eigenvalue weighted by Gasteiger charge is -2.41. The molecule has 366 valence electrons. The second-order valence-corrected chi connectivity index (χ2v) is 17.5. The van der Waals surface area contributed by atoms with E-state index in [1.807, 2.05) is 49.4 Å². The van der Waals surface area contributed by atoms with Crippen molar-refractivity contribution in [2.24, 2.45) is 5.73 Å². The summed E-state index contributed by atoms with van der Waals surface area (Å²) >= 11 is 0. The molecule has 1 unspecified atom stereocenters. The zero-order valence-corrected chi connectivity index (χ0v) is 40.1. The van der Waals surface area contributed by atoms with Gasteiger partial charge >= 0.3 is 0 Å². The first kappa shape index (κ1) is 50.4. The summed E-state index contributed by atoms with van der Waals surface area (Å²) in [6.45, 7) is 7.24. The van der Waals surface area contributed by atoms with Crippen LogP contribution in [0.15, 0.2) is 73.2 Å². The predicted octanol–water partition coefficient (Wildman–Crippen LogP) is 5.89. The highest BCUT2D eigenvalue weighted by Crippen LogP contribution is 2.42. The molecule has 69 heavy (non-hydrogen) atoms. The van der Waals surface area contributed by atoms with Crippen LogP contribution in [0.1, 0.15) is 96.0 Å². The van der Waals surface area contributed by atoms with Gasteiger partial charge in [0.15, 0.2) is 11.6 Å². The minimum atomic E-state index is -0.646. The van der Waals surface area contributed by atoms with Crippen molar-refractivity contribution < 1.29 is 33.4 Å². The van der Waals surface area contributed by atoms with Crippen LogP contribution >= 0.6 is 12.4 Å². The summed E-state index contributed by atoms with van der Waals surface area (Å²) in [5.74, 6) is 0.632. The SMILES string of the molecule is CCc1c(C(N)=O)ccc(-c2cccc(OCCCCCCOCCOCCNc3cccc4c3CN(C3CCC(=O)NC3=O)C4=O)c2)c1NC1(c2nnc(-c3ccncn3)[nH]2)CCN(C)CC1.Cl. The van der Waals surface area contributed by atoms with Gasteiger partial charge in [-0.25, -0.2) is 9.97 Å². The highest BCUT2D eigenvalue weighted by Gasteiger charge is 2.41. The number of piperidine rings is 2. The number of carbonyl (C=O) groups excluding carboxylic acids is 4. The molecule has 0 aliphatic carbocycles. The number of amides is 4. The lowest BCUT2D eigenvalue weighted by atomic mass is 9.84. The Bertz CT molecular complexity index is 2570. The highest BCUT2D eigenvalue weighted by atomic mass is 35.5. The average Bonchev–Trinajstić information content (AvgIpc) is 3.99. The van der Waals surface area contributed by atoms with Crippen LogP contribution in [0.2, 0.25) is 0 Å². The van der Waals surface area contributed by atoms with E-state index in [9.17, 15) is 19.2 Å². The number of anilines is 2. The number of rotatable bonds is 23. The van der Waals surface area contributed by atoms with E-state index >= 15 is 0 Å². The molecule has 3 aliphatic heterocycles. The molecule has 8 rings (SSSR count). The Morgan fingerprint density at radius 1 is 0.913 bits per heavy atom. The van der Waals surface area contributed by atoms with E-state index in [0.29, 0.717) is 87.4 Å². The Labute approximate surface area is 408 Å². The summed E-state index contributed by atoms with van der Waals surface area (Å²) < 4.78 is 17.9. The molecule has 2 saturated heterocycles. The fourth-order valence-electron chi connectivity index (χ4n) is 9.25. The van der Waals surface area contributed by atoms with Crippen molar-refractivity contribution in [2.45, 2.75) is 82.8 Å². The second-order valence-electron chi connectivity index (χ2n) is 17.5. The number of carbonyl (C=O) groups is 4. The van der Waals surface area contributed by atoms with Crippen molar-refractivity contribution in [2.75, 3.05) is 70.3 Å². The van der Waals surface area contributed by atoms with Crippen molar-refractivity contribution in [1.29, 1.82) is 0 Å². The van der Waals surface area contributed by atoms with Crippen molar-refractivity contribution in [3.8, 4) is 28.4 Å². The zero-order chi connectivity index (χ0) is 47.5. The molecular formula is C50H62ClN11O7. The number of likely N-dealkylation sites (tertiary alicyclic amines) is 1. The minimum Gasteiger partial charge on any atom is -0.494 e. The molecule has 0 spiro atoms. The topological polar surface area (TPSA) is 232 Å². The standard InChI is InChI=1S/C50H61N11O7.ClH/c1-3-35-37(45(51)63)15-14-36(44(35)57-50(19-23-60(2)24-20-50)49-56-46(58-59-49)41-18-21-52-32-54-41)33-10-8-11-34(30-33)68-26-7-5-4-6-25-66-28-29-67-27-22-53-40-13-9-12-38-39(40)31-61(48(38)65)42-16-17-43(62)55-47(42)64;/h8-15,18,21,30,32,42,53,57H,3-7,16-17,19-20,22-29,31H2,1-2H3,(H2,51,63)(H,55,62,64)(H,56,58,59);1H. The smallest absolute Gasteiger partial charge is 0.255 e. The molecule has 2 fully saturated rings. The molecule has 3 aliphatic rings. The van der Waals surface area contributed by atoms with E-state index in [-0.39, 0.29) is 30.6 Å². The number of nitrogens with one attached hydrogen (secondary N) is 4. The first-order valence-electron chi connectivity index (χ1n) is 23.6. The van der Waals surface area contributed by atoms with Crippen molar-refractivity contribution in [3.63, 3.8) is 0 Å². The van der Waals surface area contributed by atoms with Gasteiger partial charge in [0.05, 0.1) is 32.0 Å². The molecule has 5 aromatic rings. The van der Waals surface area contributed by atoms with Crippen molar-refractivity contribution in [1.82, 2.24) is 40.3 Å². The molecule has 4 amide bonds. The van der Waals surface area contributed by atoms with E-state index < -0.39 is 23.4 Å². The van der Waals surface area contributed by atoms with Gasteiger partial charge in [-0.2, -0.15) is 0 Å². The van der Waals surface area contributed by atoms with Gasteiger partial charge in [0.2, 0.25) is 17.7 Å². The molecule has 0 radical (unpaired) electrons. The minimum absolute atomic E-state index is 0. The average molecular weight is 965 g/mol. The number of imide groups is 1. The van der Waals surface area contributed by atoms with Gasteiger partial charge in [-0.15, -0.1) is 22.6 Å². The highest BCUT2D eigenvalue weighted by molar-refractivity contribution is 6.06. The number of fused-ring (bicyclic) bond motifs is 1. The van der Waals surface area contributed by atoms with Crippen LogP contribution in [-0.4, -0.2) is 124 Å². The third-order valence-electron chi connectivity index (χ3n) is 13.0. The maximum atomic E-state index is 13.1. The fraction of sp³-hybridized carbons (Fsp3) is 0.440. The molecule has 1 atom stereocenters. The van der Waals surface area contributed by atoms with E-state index in [2.05, 4.69) is 59.1 Å². The number of nitrogens with zero attached hydrogens (tertiary/aromatic N) is 6. The van der Waals surface area contributed by atoms with E-state index in [4.69, 9.17) is 19.9 Å². The Balaban J connectivity index is 0.00000703. The van der Waals surface area contributed by atoms with Gasteiger partial charge in [0.1, 0.15) is 23.8 Å². The van der Waals surface area contributed by atoms with Gasteiger partial charge in [-0.3, -0.25) is 24.5 Å². The molecule has 6 N–H and O–H groups in total. The van der Waals surface area contributed by atoms with Gasteiger partial charge in [0, 0.05) is 79.0 Å². The lowest BCUT2D eigenvalue weighted by molar-refractivity contribution is -0.136. The van der Waals surface area contributed by atoms with E-state index in [1.165, 1.54) is 6.33 Å². The van der Waals surface area contributed by atoms with Gasteiger partial charge in [-0.1, -0.05) is 37.6 Å². The van der Waals surface area contributed by atoms with Crippen LogP contribution in [-0.2, 0) is 37.6 Å². The summed E-state index contributed by atoms with van der Waals surface area (Å²) in [6, 6.07) is 18.5. The zero-order valence-electron chi connectivity index (χ0n) is 39.3. The third kappa shape index (κ3) is 12.0. The van der Waals surface area contributed by atoms with Crippen molar-refractivity contribution >= 4 is 47.4 Å². The quantitative estimate of drug-likeness (QED) is 0.0380. The molecule has 0 saturated carbocycles. The van der Waals surface area contributed by atoms with E-state index in [0.717, 1.165) is 91.0 Å². The molecule has 18 nitrogen and oxygen atoms in total. The molecule has 3 aromatic carbocycles. The number of hydrogen-bond donors (Lipinski definition) is 5. The number of H-pyrrole nitrogens is 1. The normalized spacial score (nSPS) is 16.7. The van der Waals surface area contributed by atoms with Gasteiger partial charge in [-0.05, 0) is 99.5 Å². The molecular weight excluding hydrogens is 902 g/mol. The van der Waals surface area contributed by atoms with Crippen LogP contribution in [0.4, 0.5) is 11.4 Å². The lowest BCUT2D eigenvalue weighted by Crippen LogP contribution is -2.52. The monoisotopic (exact) mass is 963 g/mol. The van der Waals surface area contributed by atoms with Crippen LogP contribution in [0.5, 0.6) is 5.75 Å². The second kappa shape index (κ2) is 23.7. The number of hydrogen-bond acceptors (Lipinski definition) is 14. The van der Waals surface area contributed by atoms with Crippen LogP contribution < -0.4 is 26.4 Å². The Hall–Kier alpha value is -6.47. The number of unbranched alkanes of at least 4 members (excludes halogenated alkanes) is 3. The largest absolute Gasteiger partial charge is 0.494 e. The Kier molecular flexibility index (Phi) is 17.3. The van der Waals surface area contributed by atoms with Crippen LogP contribution in [0.25, 0.3) is 22.6 Å². The third-order valence-corrected chi connectivity index (χ3v) is 13.0. The molecule has 0 bridgehead atoms. The first-order chi connectivity index (χ1) is 33.1. The maximum absolute atomic E-state index is 13.1. The molecule has 19 heteroatoms. The summed E-state index contributed by atoms with van der Waals surface area (Å²) in [4.78, 5) is 65.6. The Morgan fingerprint density at radius 3 is 2.45 bits per heavy atom. The number of halogens is 1. The predicted molar refractivity (Wildman–Crippen MR) is 263 cm³/mol. The number of ether oxygens (including phenoxy) is 3. The summed E-state index contributed by atoms with van der Waals surface area (Å²) in [7, 11) is 2.11. The van der Waals surface area contributed by atoms with Crippen LogP contribution in [0, 0.1) is 0 Å². The first-order valence-corrected chi connectivity index (χ1v) is 23.6. The summed E-state index contributed by atoms with van der Waals surface area (Å²) in [5.41, 5.74) is 12.3. The van der Waals surface area contributed by atoms with Gasteiger partial charge < -0.3 is 45.4 Å². The molecule has 5 heterocycles. The number of benzene rings is 3. The van der Waals surface area contributed by atoms with E-state index in [1.54, 1.807) is 23.2 Å². The number of nitrogens with two attached hydrogens (primary N) is 1. The molecule has 2 aromatic heterocycles. The maximum Gasteiger partial charge on any atom is 0.255 e. The number of primary amides is 1. The summed E-state index contributed by atoms with van der Waals surface area (Å²) in [6.07, 6.45) is 9.65. The van der Waals surface area contributed by atoms with Crippen LogP contribution in [0.3, 0.4) is 0 Å². The number of aromatic nitrogens is 5. The van der Waals surface area contributed by atoms with Crippen molar-refractivity contribution in [3.05, 3.63) is 101 Å².